The van der Waals surface area contributed by atoms with E-state index in [2.05, 4.69) is 0 Å². The van der Waals surface area contributed by atoms with Crippen LogP contribution in [0.3, 0.4) is 0 Å². The van der Waals surface area contributed by atoms with Crippen molar-refractivity contribution in [2.45, 2.75) is 13.8 Å². The molecule has 4 heteroatoms. The molecule has 19 heavy (non-hydrogen) atoms. The molecule has 2 rings (SSSR count). The normalized spacial score (nSPS) is 10.3. The van der Waals surface area contributed by atoms with Crippen LogP contribution in [-0.4, -0.2) is 11.1 Å². The second-order valence-electron chi connectivity index (χ2n) is 4.32. The number of halogens is 1. The van der Waals surface area contributed by atoms with Crippen molar-refractivity contribution >= 4 is 5.97 Å². The van der Waals surface area contributed by atoms with Crippen molar-refractivity contribution in [3.63, 3.8) is 0 Å². The molecule has 0 atom stereocenters. The lowest BCUT2D eigenvalue weighted by molar-refractivity contribution is 0.0696. The summed E-state index contributed by atoms with van der Waals surface area (Å²) in [6.07, 6.45) is 0. The van der Waals surface area contributed by atoms with E-state index in [1.807, 2.05) is 6.92 Å². The van der Waals surface area contributed by atoms with Crippen molar-refractivity contribution in [3.05, 3.63) is 58.9 Å². The first-order valence-corrected chi connectivity index (χ1v) is 5.75. The fraction of sp³-hybridized carbons (Fsp3) is 0.133. The minimum atomic E-state index is -1.00. The van der Waals surface area contributed by atoms with E-state index in [4.69, 9.17) is 9.84 Å². The van der Waals surface area contributed by atoms with Gasteiger partial charge in [0.1, 0.15) is 5.75 Å². The smallest absolute Gasteiger partial charge is 0.335 e. The molecule has 0 radical (unpaired) electrons. The van der Waals surface area contributed by atoms with Gasteiger partial charge in [0.15, 0.2) is 11.6 Å². The summed E-state index contributed by atoms with van der Waals surface area (Å²) < 4.78 is 19.1. The molecule has 2 aromatic carbocycles. The van der Waals surface area contributed by atoms with Crippen molar-refractivity contribution in [3.8, 4) is 11.5 Å². The van der Waals surface area contributed by atoms with Gasteiger partial charge in [0, 0.05) is 0 Å². The molecule has 1 N–H and O–H groups in total. The number of carboxylic acid groups (broad SMARTS) is 1. The molecule has 0 aliphatic rings. The summed E-state index contributed by atoms with van der Waals surface area (Å²) in [6.45, 7) is 3.56. The number of carbonyl (C=O) groups is 1. The third kappa shape index (κ3) is 2.91. The van der Waals surface area contributed by atoms with E-state index in [1.165, 1.54) is 24.3 Å². The van der Waals surface area contributed by atoms with Crippen LogP contribution in [0.15, 0.2) is 36.4 Å². The van der Waals surface area contributed by atoms with Crippen LogP contribution in [0.4, 0.5) is 4.39 Å². The van der Waals surface area contributed by atoms with E-state index in [9.17, 15) is 9.18 Å². The van der Waals surface area contributed by atoms with Gasteiger partial charge in [-0.15, -0.1) is 0 Å². The maximum Gasteiger partial charge on any atom is 0.335 e. The summed E-state index contributed by atoms with van der Waals surface area (Å²) in [4.78, 5) is 10.8. The summed E-state index contributed by atoms with van der Waals surface area (Å²) in [7, 11) is 0. The molecule has 0 aromatic heterocycles. The number of ether oxygens (including phenoxy) is 1. The van der Waals surface area contributed by atoms with Gasteiger partial charge in [-0.25, -0.2) is 9.18 Å². The van der Waals surface area contributed by atoms with Gasteiger partial charge in [0.2, 0.25) is 0 Å². The van der Waals surface area contributed by atoms with Crippen molar-refractivity contribution < 1.29 is 19.0 Å². The molecule has 0 unspecified atom stereocenters. The Morgan fingerprint density at radius 3 is 2.47 bits per heavy atom. The fourth-order valence-electron chi connectivity index (χ4n) is 1.70. The maximum atomic E-state index is 13.6. The number of rotatable bonds is 3. The zero-order valence-corrected chi connectivity index (χ0v) is 10.6. The molecule has 0 heterocycles. The van der Waals surface area contributed by atoms with Crippen LogP contribution in [0, 0.1) is 19.7 Å². The summed E-state index contributed by atoms with van der Waals surface area (Å²) in [5.41, 5.74) is 1.70. The molecule has 98 valence electrons. The molecule has 0 amide bonds. The Hall–Kier alpha value is -2.36. The van der Waals surface area contributed by atoms with E-state index < -0.39 is 11.8 Å². The first kappa shape index (κ1) is 13.1. The highest BCUT2D eigenvalue weighted by Gasteiger charge is 2.09. The predicted octanol–water partition coefficient (Wildman–Crippen LogP) is 3.93. The van der Waals surface area contributed by atoms with Gasteiger partial charge in [0.05, 0.1) is 5.56 Å². The zero-order chi connectivity index (χ0) is 14.0. The highest BCUT2D eigenvalue weighted by Crippen LogP contribution is 2.28. The third-order valence-electron chi connectivity index (χ3n) is 2.73. The summed E-state index contributed by atoms with van der Waals surface area (Å²) in [6, 6.07) is 9.04. The maximum absolute atomic E-state index is 13.6. The highest BCUT2D eigenvalue weighted by molar-refractivity contribution is 5.88. The summed E-state index contributed by atoms with van der Waals surface area (Å²) in [5, 5.41) is 8.87. The number of aromatic carboxylic acids is 1. The van der Waals surface area contributed by atoms with Gasteiger partial charge in [-0.3, -0.25) is 0 Å². The Balaban J connectivity index is 2.33. The summed E-state index contributed by atoms with van der Waals surface area (Å²) in [5.74, 6) is -0.885. The fourth-order valence-corrected chi connectivity index (χ4v) is 1.70. The molecule has 2 aromatic rings. The molecule has 0 aliphatic heterocycles. The number of carboxylic acids is 1. The van der Waals surface area contributed by atoms with Crippen LogP contribution in [0.1, 0.15) is 21.5 Å². The van der Waals surface area contributed by atoms with Gasteiger partial charge < -0.3 is 9.84 Å². The minimum absolute atomic E-state index is 0.131. The zero-order valence-electron chi connectivity index (χ0n) is 10.6. The number of hydrogen-bond donors (Lipinski definition) is 1. The quantitative estimate of drug-likeness (QED) is 0.909. The van der Waals surface area contributed by atoms with E-state index in [1.54, 1.807) is 19.1 Å². The lowest BCUT2D eigenvalue weighted by Crippen LogP contribution is -1.98. The molecule has 0 aliphatic carbocycles. The Morgan fingerprint density at radius 1 is 1.11 bits per heavy atom. The van der Waals surface area contributed by atoms with Gasteiger partial charge >= 0.3 is 5.97 Å². The van der Waals surface area contributed by atoms with E-state index in [-0.39, 0.29) is 11.3 Å². The standard InChI is InChI=1S/C15H13FO3/c1-9-3-5-12(16)14(7-9)19-13-6-4-11(15(17)18)8-10(13)2/h3-8H,1-2H3,(H,17,18). The minimum Gasteiger partial charge on any atom is -0.478 e. The largest absolute Gasteiger partial charge is 0.478 e. The Kier molecular flexibility index (Phi) is 3.51. The van der Waals surface area contributed by atoms with Gasteiger partial charge in [-0.2, -0.15) is 0 Å². The van der Waals surface area contributed by atoms with Crippen LogP contribution < -0.4 is 4.74 Å². The first-order chi connectivity index (χ1) is 8.97. The Morgan fingerprint density at radius 2 is 1.84 bits per heavy atom. The average molecular weight is 260 g/mol. The second-order valence-corrected chi connectivity index (χ2v) is 4.32. The van der Waals surface area contributed by atoms with Crippen LogP contribution in [0.2, 0.25) is 0 Å². The van der Waals surface area contributed by atoms with Crippen molar-refractivity contribution in [1.82, 2.24) is 0 Å². The topological polar surface area (TPSA) is 46.5 Å². The van der Waals surface area contributed by atoms with E-state index in [0.717, 1.165) is 5.56 Å². The molecule has 0 fully saturated rings. The first-order valence-electron chi connectivity index (χ1n) is 5.75. The number of hydrogen-bond acceptors (Lipinski definition) is 2. The number of aryl methyl sites for hydroxylation is 2. The molecule has 0 saturated heterocycles. The van der Waals surface area contributed by atoms with Crippen LogP contribution in [0.5, 0.6) is 11.5 Å². The van der Waals surface area contributed by atoms with Crippen molar-refractivity contribution in [2.75, 3.05) is 0 Å². The highest BCUT2D eigenvalue weighted by atomic mass is 19.1. The van der Waals surface area contributed by atoms with Crippen molar-refractivity contribution in [2.24, 2.45) is 0 Å². The molecular weight excluding hydrogens is 247 g/mol. The second kappa shape index (κ2) is 5.10. The van der Waals surface area contributed by atoms with E-state index >= 15 is 0 Å². The molecule has 0 spiro atoms. The van der Waals surface area contributed by atoms with Crippen LogP contribution >= 0.6 is 0 Å². The lowest BCUT2D eigenvalue weighted by Gasteiger charge is -2.10. The Labute approximate surface area is 110 Å². The average Bonchev–Trinajstić information content (AvgIpc) is 2.36. The monoisotopic (exact) mass is 260 g/mol. The predicted molar refractivity (Wildman–Crippen MR) is 69.3 cm³/mol. The third-order valence-corrected chi connectivity index (χ3v) is 2.73. The molecule has 0 bridgehead atoms. The van der Waals surface area contributed by atoms with Gasteiger partial charge in [-0.05, 0) is 55.3 Å². The van der Waals surface area contributed by atoms with E-state index in [0.29, 0.717) is 11.3 Å². The molecule has 0 saturated carbocycles. The SMILES string of the molecule is Cc1ccc(F)c(Oc2ccc(C(=O)O)cc2C)c1. The summed E-state index contributed by atoms with van der Waals surface area (Å²) >= 11 is 0. The molecular formula is C15H13FO3. The number of benzene rings is 2. The van der Waals surface area contributed by atoms with Crippen LogP contribution in [0.25, 0.3) is 0 Å². The van der Waals surface area contributed by atoms with Crippen molar-refractivity contribution in [1.29, 1.82) is 0 Å². The van der Waals surface area contributed by atoms with Crippen LogP contribution in [-0.2, 0) is 0 Å². The Bertz CT molecular complexity index is 635. The lowest BCUT2D eigenvalue weighted by atomic mass is 10.1. The van der Waals surface area contributed by atoms with Gasteiger partial charge in [-0.1, -0.05) is 6.07 Å². The molecule has 3 nitrogen and oxygen atoms in total. The van der Waals surface area contributed by atoms with Gasteiger partial charge in [0.25, 0.3) is 0 Å².